The molecule has 0 atom stereocenters. The molecule has 2 aromatic heterocycles. The molecule has 0 aliphatic heterocycles. The number of rotatable bonds is 2. The molecule has 1 aliphatic carbocycles. The standard InChI is InChI=1S/C16H21ClN2O2S/c1-6-21-13(20)10-12(17)19-9-7-15(2,3)8-16(4,5)11(9)22-14(19)18-10/h6-8H2,1-5H3. The van der Waals surface area contributed by atoms with Crippen LogP contribution in [0.15, 0.2) is 0 Å². The van der Waals surface area contributed by atoms with Crippen LogP contribution in [0, 0.1) is 5.41 Å². The second-order valence-corrected chi connectivity index (χ2v) is 8.70. The molecule has 0 fully saturated rings. The maximum absolute atomic E-state index is 12.0. The molecule has 0 bridgehead atoms. The molecule has 0 amide bonds. The number of hydrogen-bond donors (Lipinski definition) is 0. The Hall–Kier alpha value is -1.07. The molecule has 0 N–H and O–H groups in total. The lowest BCUT2D eigenvalue weighted by atomic mass is 9.67. The van der Waals surface area contributed by atoms with E-state index in [4.69, 9.17) is 16.3 Å². The van der Waals surface area contributed by atoms with Gasteiger partial charge in [0, 0.05) is 16.0 Å². The molecule has 4 nitrogen and oxygen atoms in total. The molecule has 3 rings (SSSR count). The van der Waals surface area contributed by atoms with Gasteiger partial charge in [0.05, 0.1) is 6.61 Å². The summed E-state index contributed by atoms with van der Waals surface area (Å²) < 4.78 is 6.98. The second-order valence-electron chi connectivity index (χ2n) is 7.37. The van der Waals surface area contributed by atoms with Crippen molar-refractivity contribution in [2.24, 2.45) is 5.41 Å². The van der Waals surface area contributed by atoms with Crippen molar-refractivity contribution in [3.63, 3.8) is 0 Å². The Bertz CT molecular complexity index is 758. The average molecular weight is 341 g/mol. The zero-order valence-corrected chi connectivity index (χ0v) is 15.2. The molecule has 0 radical (unpaired) electrons. The Kier molecular flexibility index (Phi) is 3.57. The van der Waals surface area contributed by atoms with Crippen molar-refractivity contribution in [2.45, 2.75) is 52.9 Å². The van der Waals surface area contributed by atoms with E-state index in [1.165, 1.54) is 10.6 Å². The SMILES string of the molecule is CCOC(=O)c1nc2sc3c(n2c1Cl)CC(C)(C)CC3(C)C. The minimum absolute atomic E-state index is 0.0931. The molecule has 0 unspecified atom stereocenters. The van der Waals surface area contributed by atoms with Crippen molar-refractivity contribution in [1.29, 1.82) is 0 Å². The van der Waals surface area contributed by atoms with E-state index in [1.54, 1.807) is 18.3 Å². The number of esters is 1. The van der Waals surface area contributed by atoms with Gasteiger partial charge in [0.1, 0.15) is 5.15 Å². The van der Waals surface area contributed by atoms with Crippen LogP contribution in [0.5, 0.6) is 0 Å². The molecule has 120 valence electrons. The number of thiazole rings is 1. The van der Waals surface area contributed by atoms with Crippen LogP contribution >= 0.6 is 22.9 Å². The first-order chi connectivity index (χ1) is 10.2. The van der Waals surface area contributed by atoms with E-state index < -0.39 is 5.97 Å². The van der Waals surface area contributed by atoms with Crippen molar-refractivity contribution in [3.05, 3.63) is 21.4 Å². The predicted molar refractivity (Wildman–Crippen MR) is 89.2 cm³/mol. The molecule has 0 spiro atoms. The third-order valence-electron chi connectivity index (χ3n) is 4.17. The summed E-state index contributed by atoms with van der Waals surface area (Å²) in [5, 5.41) is 0.374. The average Bonchev–Trinajstić information content (AvgIpc) is 2.86. The van der Waals surface area contributed by atoms with Crippen molar-refractivity contribution in [2.75, 3.05) is 6.61 Å². The highest BCUT2D eigenvalue weighted by molar-refractivity contribution is 7.17. The zero-order valence-electron chi connectivity index (χ0n) is 13.6. The lowest BCUT2D eigenvalue weighted by molar-refractivity contribution is 0.0520. The largest absolute Gasteiger partial charge is 0.461 e. The molecule has 2 heterocycles. The Balaban J connectivity index is 2.20. The normalized spacial score (nSPS) is 19.2. The van der Waals surface area contributed by atoms with Gasteiger partial charge in [-0.1, -0.05) is 39.3 Å². The van der Waals surface area contributed by atoms with E-state index in [1.807, 2.05) is 4.40 Å². The quantitative estimate of drug-likeness (QED) is 0.757. The molecule has 0 saturated heterocycles. The molecular formula is C16H21ClN2O2S. The van der Waals surface area contributed by atoms with E-state index >= 15 is 0 Å². The van der Waals surface area contributed by atoms with Crippen molar-refractivity contribution < 1.29 is 9.53 Å². The van der Waals surface area contributed by atoms with Gasteiger partial charge in [-0.25, -0.2) is 9.78 Å². The molecule has 0 saturated carbocycles. The van der Waals surface area contributed by atoms with Gasteiger partial charge in [0.25, 0.3) is 0 Å². The fourth-order valence-electron chi connectivity index (χ4n) is 3.75. The van der Waals surface area contributed by atoms with Gasteiger partial charge in [0.2, 0.25) is 0 Å². The number of carbonyl (C=O) groups excluding carboxylic acids is 1. The van der Waals surface area contributed by atoms with Gasteiger partial charge in [-0.2, -0.15) is 0 Å². The van der Waals surface area contributed by atoms with Crippen molar-refractivity contribution >= 4 is 33.9 Å². The van der Waals surface area contributed by atoms with Gasteiger partial charge in [0.15, 0.2) is 10.7 Å². The van der Waals surface area contributed by atoms with E-state index in [-0.39, 0.29) is 16.5 Å². The van der Waals surface area contributed by atoms with E-state index in [2.05, 4.69) is 32.7 Å². The summed E-state index contributed by atoms with van der Waals surface area (Å²) in [4.78, 5) is 18.5. The highest BCUT2D eigenvalue weighted by atomic mass is 35.5. The smallest absolute Gasteiger partial charge is 0.360 e. The minimum atomic E-state index is -0.452. The van der Waals surface area contributed by atoms with E-state index in [0.29, 0.717) is 11.8 Å². The number of carbonyl (C=O) groups is 1. The zero-order chi connectivity index (χ0) is 16.3. The number of hydrogen-bond acceptors (Lipinski definition) is 4. The Morgan fingerprint density at radius 3 is 2.73 bits per heavy atom. The summed E-state index contributed by atoms with van der Waals surface area (Å²) >= 11 is 8.10. The number of imidazole rings is 1. The number of ether oxygens (including phenoxy) is 1. The minimum Gasteiger partial charge on any atom is -0.461 e. The van der Waals surface area contributed by atoms with Crippen LogP contribution in [-0.2, 0) is 16.6 Å². The van der Waals surface area contributed by atoms with Gasteiger partial charge in [-0.15, -0.1) is 11.3 Å². The lowest BCUT2D eigenvalue weighted by Crippen LogP contribution is -2.34. The third kappa shape index (κ3) is 2.35. The summed E-state index contributed by atoms with van der Waals surface area (Å²) in [5.41, 5.74) is 1.70. The van der Waals surface area contributed by atoms with Crippen molar-refractivity contribution in [3.8, 4) is 0 Å². The molecule has 1 aliphatic rings. The summed E-state index contributed by atoms with van der Waals surface area (Å²) in [5.74, 6) is -0.452. The maximum Gasteiger partial charge on any atom is 0.360 e. The molecule has 22 heavy (non-hydrogen) atoms. The van der Waals surface area contributed by atoms with Gasteiger partial charge in [-0.3, -0.25) is 4.40 Å². The fourth-order valence-corrected chi connectivity index (χ4v) is 5.34. The van der Waals surface area contributed by atoms with Crippen molar-refractivity contribution in [1.82, 2.24) is 9.38 Å². The van der Waals surface area contributed by atoms with Crippen LogP contribution < -0.4 is 0 Å². The van der Waals surface area contributed by atoms with Gasteiger partial charge in [-0.05, 0) is 25.2 Å². The molecular weight excluding hydrogens is 320 g/mol. The highest BCUT2D eigenvalue weighted by Crippen LogP contribution is 2.49. The monoisotopic (exact) mass is 340 g/mol. The molecule has 0 aromatic carbocycles. The topological polar surface area (TPSA) is 43.6 Å². The number of aromatic nitrogens is 2. The summed E-state index contributed by atoms with van der Waals surface area (Å²) in [6, 6.07) is 0. The highest BCUT2D eigenvalue weighted by Gasteiger charge is 2.41. The maximum atomic E-state index is 12.0. The Morgan fingerprint density at radius 1 is 1.41 bits per heavy atom. The van der Waals surface area contributed by atoms with Crippen LogP contribution in [0.4, 0.5) is 0 Å². The van der Waals surface area contributed by atoms with Crippen LogP contribution in [0.1, 0.15) is 62.1 Å². The number of halogens is 1. The first-order valence-corrected chi connectivity index (χ1v) is 8.73. The fraction of sp³-hybridized carbons (Fsp3) is 0.625. The summed E-state index contributed by atoms with van der Waals surface area (Å²) in [6.45, 7) is 11.2. The molecule has 2 aromatic rings. The van der Waals surface area contributed by atoms with Crippen LogP contribution in [0.25, 0.3) is 4.96 Å². The lowest BCUT2D eigenvalue weighted by Gasteiger charge is -2.40. The van der Waals surface area contributed by atoms with Crippen LogP contribution in [-0.4, -0.2) is 22.0 Å². The number of nitrogens with zero attached hydrogens (tertiary/aromatic N) is 2. The van der Waals surface area contributed by atoms with Gasteiger partial charge >= 0.3 is 5.97 Å². The van der Waals surface area contributed by atoms with Gasteiger partial charge < -0.3 is 4.74 Å². The Morgan fingerprint density at radius 2 is 2.09 bits per heavy atom. The third-order valence-corrected chi connectivity index (χ3v) is 5.96. The first kappa shape index (κ1) is 15.8. The van der Waals surface area contributed by atoms with Crippen LogP contribution in [0.2, 0.25) is 5.15 Å². The summed E-state index contributed by atoms with van der Waals surface area (Å²) in [6.07, 6.45) is 2.06. The van der Waals surface area contributed by atoms with E-state index in [0.717, 1.165) is 17.8 Å². The number of fused-ring (bicyclic) bond motifs is 3. The second kappa shape index (κ2) is 4.96. The van der Waals surface area contributed by atoms with E-state index in [9.17, 15) is 4.79 Å². The summed E-state index contributed by atoms with van der Waals surface area (Å²) in [7, 11) is 0. The first-order valence-electron chi connectivity index (χ1n) is 7.53. The molecule has 6 heteroatoms. The van der Waals surface area contributed by atoms with Crippen LogP contribution in [0.3, 0.4) is 0 Å². The Labute approximate surface area is 139 Å². The predicted octanol–water partition coefficient (Wildman–Crippen LogP) is 4.48.